The molecular weight excluding hydrogens is 418 g/mol. The van der Waals surface area contributed by atoms with Gasteiger partial charge in [-0.15, -0.1) is 0 Å². The molecule has 0 unspecified atom stereocenters. The maximum Gasteiger partial charge on any atom is 0.407 e. The Bertz CT molecular complexity index is 1130. The Morgan fingerprint density at radius 1 is 1.16 bits per heavy atom. The van der Waals surface area contributed by atoms with Gasteiger partial charge in [0.1, 0.15) is 18.0 Å². The minimum atomic E-state index is -0.547. The Morgan fingerprint density at radius 2 is 1.81 bits per heavy atom. The van der Waals surface area contributed by atoms with Gasteiger partial charge in [0, 0.05) is 24.1 Å². The van der Waals surface area contributed by atoms with Crippen LogP contribution < -0.4 is 5.32 Å². The summed E-state index contributed by atoms with van der Waals surface area (Å²) in [7, 11) is 0. The first kappa shape index (κ1) is 20.6. The first-order valence-electron chi connectivity index (χ1n) is 9.60. The van der Waals surface area contributed by atoms with Crippen molar-refractivity contribution in [3.63, 3.8) is 0 Å². The average molecular weight is 436 g/mol. The SMILES string of the molecule is O=C(NCC=Cc1cc([N+](=O)[O-])cnc1Cl)OCC1c2ccccc2-c2ccccc21. The molecule has 156 valence electrons. The number of nitrogens with zero attached hydrogens (tertiary/aromatic N) is 2. The van der Waals surface area contributed by atoms with Crippen LogP contribution in [0.3, 0.4) is 0 Å². The number of amides is 1. The number of rotatable bonds is 6. The molecule has 0 saturated heterocycles. The van der Waals surface area contributed by atoms with Gasteiger partial charge in [-0.05, 0) is 22.3 Å². The van der Waals surface area contributed by atoms with Gasteiger partial charge in [-0.25, -0.2) is 9.78 Å². The molecule has 3 aromatic rings. The molecule has 1 heterocycles. The van der Waals surface area contributed by atoms with Crippen LogP contribution in [-0.2, 0) is 4.74 Å². The zero-order valence-corrected chi connectivity index (χ0v) is 17.1. The summed E-state index contributed by atoms with van der Waals surface area (Å²) in [5, 5.41) is 13.6. The lowest BCUT2D eigenvalue weighted by Gasteiger charge is -2.14. The Kier molecular flexibility index (Phi) is 5.95. The van der Waals surface area contributed by atoms with Gasteiger partial charge in [-0.2, -0.15) is 0 Å². The molecule has 7 nitrogen and oxygen atoms in total. The molecule has 0 radical (unpaired) electrons. The summed E-state index contributed by atoms with van der Waals surface area (Å²) in [5.41, 5.74) is 4.85. The van der Waals surface area contributed by atoms with E-state index >= 15 is 0 Å². The third-order valence-corrected chi connectivity index (χ3v) is 5.38. The van der Waals surface area contributed by atoms with Crippen LogP contribution in [0.1, 0.15) is 22.6 Å². The molecule has 0 spiro atoms. The van der Waals surface area contributed by atoms with E-state index in [-0.39, 0.29) is 29.9 Å². The standard InChI is InChI=1S/C23H18ClN3O4/c24-22-15(12-16(13-26-22)27(29)30)6-5-11-25-23(28)31-14-21-19-9-3-1-7-17(19)18-8-2-4-10-20(18)21/h1-10,12-13,21H,11,14H2,(H,25,28). The molecule has 0 aliphatic heterocycles. The molecule has 31 heavy (non-hydrogen) atoms. The van der Waals surface area contributed by atoms with E-state index in [4.69, 9.17) is 16.3 Å². The Morgan fingerprint density at radius 3 is 2.45 bits per heavy atom. The summed E-state index contributed by atoms with van der Waals surface area (Å²) < 4.78 is 5.45. The zero-order valence-electron chi connectivity index (χ0n) is 16.3. The zero-order chi connectivity index (χ0) is 21.8. The fourth-order valence-corrected chi connectivity index (χ4v) is 3.81. The van der Waals surface area contributed by atoms with Crippen molar-refractivity contribution >= 4 is 29.5 Å². The topological polar surface area (TPSA) is 94.4 Å². The average Bonchev–Trinajstić information content (AvgIpc) is 3.10. The number of fused-ring (bicyclic) bond motifs is 3. The summed E-state index contributed by atoms with van der Waals surface area (Å²) in [6.45, 7) is 0.403. The highest BCUT2D eigenvalue weighted by Crippen LogP contribution is 2.44. The molecular formula is C23H18ClN3O4. The molecule has 0 bridgehead atoms. The number of aromatic nitrogens is 1. The maximum atomic E-state index is 12.2. The van der Waals surface area contributed by atoms with E-state index in [0.29, 0.717) is 5.56 Å². The van der Waals surface area contributed by atoms with Gasteiger partial charge in [0.2, 0.25) is 0 Å². The molecule has 0 saturated carbocycles. The maximum absolute atomic E-state index is 12.2. The van der Waals surface area contributed by atoms with Crippen molar-refractivity contribution in [3.05, 3.63) is 98.8 Å². The molecule has 1 amide bonds. The molecule has 1 aliphatic carbocycles. The summed E-state index contributed by atoms with van der Waals surface area (Å²) >= 11 is 5.95. The summed E-state index contributed by atoms with van der Waals surface area (Å²) in [6, 6.07) is 17.6. The second-order valence-corrected chi connectivity index (χ2v) is 7.30. The van der Waals surface area contributed by atoms with Crippen LogP contribution in [0.4, 0.5) is 10.5 Å². The van der Waals surface area contributed by atoms with E-state index in [0.717, 1.165) is 28.5 Å². The highest BCUT2D eigenvalue weighted by Gasteiger charge is 2.28. The molecule has 8 heteroatoms. The lowest BCUT2D eigenvalue weighted by molar-refractivity contribution is -0.385. The Hall–Kier alpha value is -3.71. The monoisotopic (exact) mass is 435 g/mol. The lowest BCUT2D eigenvalue weighted by atomic mass is 9.98. The predicted molar refractivity (Wildman–Crippen MR) is 118 cm³/mol. The van der Waals surface area contributed by atoms with Crippen molar-refractivity contribution in [2.75, 3.05) is 13.2 Å². The molecule has 4 rings (SSSR count). The second kappa shape index (κ2) is 8.97. The van der Waals surface area contributed by atoms with E-state index in [9.17, 15) is 14.9 Å². The summed E-state index contributed by atoms with van der Waals surface area (Å²) in [6.07, 6.45) is 3.73. The first-order chi connectivity index (χ1) is 15.0. The van der Waals surface area contributed by atoms with Crippen LogP contribution in [0, 0.1) is 10.1 Å². The fraction of sp³-hybridized carbons (Fsp3) is 0.130. The number of hydrogen-bond donors (Lipinski definition) is 1. The van der Waals surface area contributed by atoms with Gasteiger partial charge in [-0.3, -0.25) is 10.1 Å². The summed E-state index contributed by atoms with van der Waals surface area (Å²) in [5.74, 6) is -0.0107. The number of benzene rings is 2. The van der Waals surface area contributed by atoms with Crippen molar-refractivity contribution in [2.24, 2.45) is 0 Å². The number of nitrogens with one attached hydrogen (secondary N) is 1. The quantitative estimate of drug-likeness (QED) is 0.326. The number of halogens is 1. The number of nitro groups is 1. The minimum Gasteiger partial charge on any atom is -0.449 e. The number of alkyl carbamates (subject to hydrolysis) is 1. The number of hydrogen-bond acceptors (Lipinski definition) is 5. The van der Waals surface area contributed by atoms with E-state index in [1.54, 1.807) is 12.2 Å². The molecule has 1 N–H and O–H groups in total. The van der Waals surface area contributed by atoms with Gasteiger partial charge in [0.25, 0.3) is 5.69 Å². The van der Waals surface area contributed by atoms with Crippen molar-refractivity contribution in [2.45, 2.75) is 5.92 Å². The number of ether oxygens (including phenoxy) is 1. The Labute approximate surface area is 183 Å². The number of carbonyl (C=O) groups excluding carboxylic acids is 1. The largest absolute Gasteiger partial charge is 0.449 e. The van der Waals surface area contributed by atoms with E-state index < -0.39 is 11.0 Å². The van der Waals surface area contributed by atoms with Gasteiger partial charge < -0.3 is 10.1 Å². The third kappa shape index (κ3) is 4.41. The van der Waals surface area contributed by atoms with Gasteiger partial charge in [0.15, 0.2) is 0 Å². The fourth-order valence-electron chi connectivity index (χ4n) is 3.65. The van der Waals surface area contributed by atoms with Crippen LogP contribution in [0.25, 0.3) is 17.2 Å². The molecule has 1 aliphatic rings. The smallest absolute Gasteiger partial charge is 0.407 e. The third-order valence-electron chi connectivity index (χ3n) is 5.07. The van der Waals surface area contributed by atoms with Crippen LogP contribution >= 0.6 is 11.6 Å². The second-order valence-electron chi connectivity index (χ2n) is 6.94. The van der Waals surface area contributed by atoms with E-state index in [1.807, 2.05) is 24.3 Å². The molecule has 2 aromatic carbocycles. The van der Waals surface area contributed by atoms with Crippen LogP contribution in [0.2, 0.25) is 5.15 Å². The van der Waals surface area contributed by atoms with Crippen LogP contribution in [0.5, 0.6) is 0 Å². The summed E-state index contributed by atoms with van der Waals surface area (Å²) in [4.78, 5) is 26.2. The van der Waals surface area contributed by atoms with Crippen molar-refractivity contribution < 1.29 is 14.5 Å². The first-order valence-corrected chi connectivity index (χ1v) is 9.97. The normalized spacial score (nSPS) is 12.4. The van der Waals surface area contributed by atoms with Crippen LogP contribution in [0.15, 0.2) is 66.9 Å². The number of pyridine rings is 1. The van der Waals surface area contributed by atoms with Crippen LogP contribution in [-0.4, -0.2) is 29.2 Å². The van der Waals surface area contributed by atoms with Gasteiger partial charge >= 0.3 is 6.09 Å². The van der Waals surface area contributed by atoms with Crippen molar-refractivity contribution in [1.29, 1.82) is 0 Å². The minimum absolute atomic E-state index is 0.0107. The Balaban J connectivity index is 1.34. The highest BCUT2D eigenvalue weighted by molar-refractivity contribution is 6.30. The van der Waals surface area contributed by atoms with Gasteiger partial charge in [-0.1, -0.05) is 72.3 Å². The van der Waals surface area contributed by atoms with E-state index in [1.165, 1.54) is 6.07 Å². The van der Waals surface area contributed by atoms with Crippen molar-refractivity contribution in [3.8, 4) is 11.1 Å². The molecule has 0 atom stereocenters. The van der Waals surface area contributed by atoms with E-state index in [2.05, 4.69) is 34.6 Å². The molecule has 1 aromatic heterocycles. The predicted octanol–water partition coefficient (Wildman–Crippen LogP) is 5.20. The number of carbonyl (C=O) groups is 1. The highest BCUT2D eigenvalue weighted by atomic mass is 35.5. The molecule has 0 fully saturated rings. The lowest BCUT2D eigenvalue weighted by Crippen LogP contribution is -2.26. The van der Waals surface area contributed by atoms with Gasteiger partial charge in [0.05, 0.1) is 4.92 Å². The van der Waals surface area contributed by atoms with Crippen molar-refractivity contribution in [1.82, 2.24) is 10.3 Å².